The molecule has 1 saturated carbocycles. The monoisotopic (exact) mass is 311 g/mol. The molecule has 23 heavy (non-hydrogen) atoms. The van der Waals surface area contributed by atoms with Crippen LogP contribution in [0.15, 0.2) is 30.3 Å². The van der Waals surface area contributed by atoms with Crippen LogP contribution >= 0.6 is 0 Å². The van der Waals surface area contributed by atoms with Gasteiger partial charge in [0.1, 0.15) is 6.10 Å². The first-order valence-electron chi connectivity index (χ1n) is 8.39. The summed E-state index contributed by atoms with van der Waals surface area (Å²) in [5.74, 6) is 1.24. The van der Waals surface area contributed by atoms with Gasteiger partial charge in [-0.2, -0.15) is 5.26 Å². The fraction of sp³-hybridized carbons (Fsp3) is 0.500. The van der Waals surface area contributed by atoms with Crippen molar-refractivity contribution in [2.45, 2.75) is 46.1 Å². The molecule has 1 fully saturated rings. The molecule has 3 unspecified atom stereocenters. The van der Waals surface area contributed by atoms with E-state index in [1.807, 2.05) is 18.2 Å². The van der Waals surface area contributed by atoms with Gasteiger partial charge in [-0.3, -0.25) is 0 Å². The van der Waals surface area contributed by atoms with Crippen molar-refractivity contribution in [1.29, 1.82) is 5.26 Å². The van der Waals surface area contributed by atoms with E-state index in [0.717, 1.165) is 18.4 Å². The Morgan fingerprint density at radius 3 is 2.78 bits per heavy atom. The van der Waals surface area contributed by atoms with Crippen LogP contribution in [0.25, 0.3) is 6.08 Å². The quantitative estimate of drug-likeness (QED) is 0.604. The molecule has 1 aromatic rings. The molecule has 3 nitrogen and oxygen atoms in total. The summed E-state index contributed by atoms with van der Waals surface area (Å²) in [4.78, 5) is 12.2. The Morgan fingerprint density at radius 2 is 2.09 bits per heavy atom. The SMILES string of the molecule is CC1CCC(C(C)C)C(OC(=O)/C=C/c2ccccc2C#N)C1. The van der Waals surface area contributed by atoms with Gasteiger partial charge in [-0.15, -0.1) is 0 Å². The lowest BCUT2D eigenvalue weighted by Crippen LogP contribution is -2.35. The van der Waals surface area contributed by atoms with Crippen molar-refractivity contribution in [3.63, 3.8) is 0 Å². The van der Waals surface area contributed by atoms with Crippen molar-refractivity contribution in [3.05, 3.63) is 41.5 Å². The van der Waals surface area contributed by atoms with Gasteiger partial charge >= 0.3 is 5.97 Å². The van der Waals surface area contributed by atoms with Gasteiger partial charge in [0, 0.05) is 6.08 Å². The third kappa shape index (κ3) is 4.69. The number of rotatable bonds is 4. The normalized spacial score (nSPS) is 24.6. The van der Waals surface area contributed by atoms with E-state index in [1.54, 1.807) is 12.1 Å². The average molecular weight is 311 g/mol. The zero-order valence-electron chi connectivity index (χ0n) is 14.2. The fourth-order valence-corrected chi connectivity index (χ4v) is 3.34. The maximum absolute atomic E-state index is 12.2. The third-order valence-corrected chi connectivity index (χ3v) is 4.71. The molecule has 2 rings (SSSR count). The molecule has 0 heterocycles. The van der Waals surface area contributed by atoms with Crippen LogP contribution in [0.3, 0.4) is 0 Å². The van der Waals surface area contributed by atoms with Crippen molar-refractivity contribution in [2.75, 3.05) is 0 Å². The smallest absolute Gasteiger partial charge is 0.331 e. The third-order valence-electron chi connectivity index (χ3n) is 4.71. The van der Waals surface area contributed by atoms with Gasteiger partial charge in [-0.1, -0.05) is 45.4 Å². The van der Waals surface area contributed by atoms with Gasteiger partial charge in [0.2, 0.25) is 0 Å². The molecule has 1 aliphatic rings. The van der Waals surface area contributed by atoms with Gasteiger partial charge in [0.05, 0.1) is 11.6 Å². The van der Waals surface area contributed by atoms with E-state index in [1.165, 1.54) is 12.5 Å². The Bertz CT molecular complexity index is 612. The number of carbonyl (C=O) groups is 1. The molecule has 1 aliphatic carbocycles. The molecule has 1 aromatic carbocycles. The maximum atomic E-state index is 12.2. The zero-order chi connectivity index (χ0) is 16.8. The van der Waals surface area contributed by atoms with E-state index in [4.69, 9.17) is 10.00 Å². The number of hydrogen-bond donors (Lipinski definition) is 0. The Labute approximate surface area is 139 Å². The van der Waals surface area contributed by atoms with Crippen LogP contribution in [0.5, 0.6) is 0 Å². The molecule has 0 bridgehead atoms. The van der Waals surface area contributed by atoms with Crippen LogP contribution < -0.4 is 0 Å². The standard InChI is InChI=1S/C20H25NO2/c1-14(2)18-10-8-15(3)12-19(18)23-20(22)11-9-16-6-4-5-7-17(16)13-21/h4-7,9,11,14-15,18-19H,8,10,12H2,1-3H3/b11-9+. The Morgan fingerprint density at radius 1 is 1.35 bits per heavy atom. The minimum Gasteiger partial charge on any atom is -0.459 e. The second-order valence-corrected chi connectivity index (χ2v) is 6.83. The van der Waals surface area contributed by atoms with Crippen LogP contribution in [0.1, 0.15) is 51.2 Å². The fourth-order valence-electron chi connectivity index (χ4n) is 3.34. The molecule has 3 atom stereocenters. The highest BCUT2D eigenvalue weighted by atomic mass is 16.5. The van der Waals surface area contributed by atoms with E-state index in [2.05, 4.69) is 26.8 Å². The van der Waals surface area contributed by atoms with Gasteiger partial charge in [0.15, 0.2) is 0 Å². The molecule has 0 radical (unpaired) electrons. The number of nitriles is 1. The van der Waals surface area contributed by atoms with Crippen molar-refractivity contribution in [3.8, 4) is 6.07 Å². The van der Waals surface area contributed by atoms with E-state index >= 15 is 0 Å². The average Bonchev–Trinajstić information content (AvgIpc) is 2.53. The second-order valence-electron chi connectivity index (χ2n) is 6.83. The van der Waals surface area contributed by atoms with E-state index in [9.17, 15) is 4.79 Å². The largest absolute Gasteiger partial charge is 0.459 e. The molecule has 0 N–H and O–H groups in total. The molecule has 0 aliphatic heterocycles. The highest BCUT2D eigenvalue weighted by Crippen LogP contribution is 2.35. The Balaban J connectivity index is 2.03. The van der Waals surface area contributed by atoms with Gasteiger partial charge < -0.3 is 4.74 Å². The number of hydrogen-bond acceptors (Lipinski definition) is 3. The Hall–Kier alpha value is -2.08. The second kappa shape index (κ2) is 7.97. The molecule has 0 aromatic heterocycles. The summed E-state index contributed by atoms with van der Waals surface area (Å²) < 4.78 is 5.72. The Kier molecular flexibility index (Phi) is 5.98. The van der Waals surface area contributed by atoms with Crippen molar-refractivity contribution in [1.82, 2.24) is 0 Å². The zero-order valence-corrected chi connectivity index (χ0v) is 14.2. The maximum Gasteiger partial charge on any atom is 0.331 e. The van der Waals surface area contributed by atoms with E-state index in [-0.39, 0.29) is 12.1 Å². The van der Waals surface area contributed by atoms with Crippen LogP contribution in [0.2, 0.25) is 0 Å². The van der Waals surface area contributed by atoms with Gasteiger partial charge in [-0.05, 0) is 48.3 Å². The summed E-state index contributed by atoms with van der Waals surface area (Å²) in [5.41, 5.74) is 1.30. The first-order chi connectivity index (χ1) is 11.0. The van der Waals surface area contributed by atoms with E-state index in [0.29, 0.717) is 23.3 Å². The van der Waals surface area contributed by atoms with Crippen LogP contribution in [0, 0.1) is 29.1 Å². The molecule has 3 heteroatoms. The number of benzene rings is 1. The minimum absolute atomic E-state index is 0.00195. The number of ether oxygens (including phenoxy) is 1. The van der Waals surface area contributed by atoms with Crippen molar-refractivity contribution in [2.24, 2.45) is 17.8 Å². The summed E-state index contributed by atoms with van der Waals surface area (Å²) in [5, 5.41) is 9.07. The summed E-state index contributed by atoms with van der Waals surface area (Å²) in [6.07, 6.45) is 6.38. The van der Waals surface area contributed by atoms with Crippen LogP contribution in [-0.4, -0.2) is 12.1 Å². The molecular formula is C20H25NO2. The first kappa shape index (κ1) is 17.3. The minimum atomic E-state index is -0.317. The number of esters is 1. The van der Waals surface area contributed by atoms with Crippen LogP contribution in [-0.2, 0) is 9.53 Å². The summed E-state index contributed by atoms with van der Waals surface area (Å²) in [6.45, 7) is 6.61. The van der Waals surface area contributed by atoms with Crippen LogP contribution in [0.4, 0.5) is 0 Å². The molecule has 0 spiro atoms. The van der Waals surface area contributed by atoms with Crippen molar-refractivity contribution < 1.29 is 9.53 Å². The first-order valence-corrected chi connectivity index (χ1v) is 8.39. The van der Waals surface area contributed by atoms with E-state index < -0.39 is 0 Å². The lowest BCUT2D eigenvalue weighted by Gasteiger charge is -2.36. The molecule has 122 valence electrons. The molecule has 0 amide bonds. The number of nitrogens with zero attached hydrogens (tertiary/aromatic N) is 1. The lowest BCUT2D eigenvalue weighted by atomic mass is 9.75. The van der Waals surface area contributed by atoms with Gasteiger partial charge in [-0.25, -0.2) is 4.79 Å². The van der Waals surface area contributed by atoms with Crippen molar-refractivity contribution >= 4 is 12.0 Å². The predicted molar refractivity (Wildman–Crippen MR) is 91.4 cm³/mol. The highest BCUT2D eigenvalue weighted by molar-refractivity contribution is 5.87. The highest BCUT2D eigenvalue weighted by Gasteiger charge is 2.32. The summed E-state index contributed by atoms with van der Waals surface area (Å²) >= 11 is 0. The lowest BCUT2D eigenvalue weighted by molar-refractivity contribution is -0.149. The summed E-state index contributed by atoms with van der Waals surface area (Å²) in [6, 6.07) is 9.35. The topological polar surface area (TPSA) is 50.1 Å². The molecule has 0 saturated heterocycles. The number of carbonyl (C=O) groups excluding carboxylic acids is 1. The molecular weight excluding hydrogens is 286 g/mol. The predicted octanol–water partition coefficient (Wildman–Crippen LogP) is 4.58. The van der Waals surface area contributed by atoms with Gasteiger partial charge in [0.25, 0.3) is 0 Å². The summed E-state index contributed by atoms with van der Waals surface area (Å²) in [7, 11) is 0.